The normalized spacial score (nSPS) is 25.9. The maximum Gasteiger partial charge on any atom is 0.326 e. The number of carboxylic acid groups (broad SMARTS) is 1. The van der Waals surface area contributed by atoms with Crippen LogP contribution in [0.1, 0.15) is 60.9 Å². The van der Waals surface area contributed by atoms with E-state index in [9.17, 15) is 23.5 Å². The highest BCUT2D eigenvalue weighted by atomic mass is 19.3. The van der Waals surface area contributed by atoms with E-state index in [1.165, 1.54) is 11.6 Å². The Morgan fingerprint density at radius 3 is 2.76 bits per heavy atom. The Labute approximate surface area is 221 Å². The number of pyridine rings is 1. The Morgan fingerprint density at radius 1 is 1.26 bits per heavy atom. The van der Waals surface area contributed by atoms with Crippen LogP contribution in [0.15, 0.2) is 36.4 Å². The minimum absolute atomic E-state index is 0.0176. The number of hydrogen-bond acceptors (Lipinski definition) is 5. The number of nitrogens with one attached hydrogen (secondary N) is 2. The zero-order valence-electron chi connectivity index (χ0n) is 21.6. The maximum atomic E-state index is 14.4. The number of carbonyl (C=O) groups excluding carboxylic acids is 1. The molecule has 0 bridgehead atoms. The van der Waals surface area contributed by atoms with Crippen molar-refractivity contribution in [3.05, 3.63) is 58.8 Å². The molecule has 1 amide bonds. The fourth-order valence-corrected chi connectivity index (χ4v) is 5.69. The van der Waals surface area contributed by atoms with Gasteiger partial charge >= 0.3 is 5.97 Å². The van der Waals surface area contributed by atoms with Crippen LogP contribution < -0.4 is 10.6 Å². The van der Waals surface area contributed by atoms with Gasteiger partial charge in [-0.15, -0.1) is 0 Å². The minimum atomic E-state index is -3.21. The average Bonchev–Trinajstić information content (AvgIpc) is 3.47. The van der Waals surface area contributed by atoms with Gasteiger partial charge < -0.3 is 20.5 Å². The highest BCUT2D eigenvalue weighted by molar-refractivity contribution is 5.96. The smallest absolute Gasteiger partial charge is 0.326 e. The monoisotopic (exact) mass is 527 g/mol. The summed E-state index contributed by atoms with van der Waals surface area (Å²) in [4.78, 5) is 29.5. The highest BCUT2D eigenvalue weighted by Gasteiger charge is 2.76. The van der Waals surface area contributed by atoms with Crippen LogP contribution in [0, 0.1) is 12.8 Å². The van der Waals surface area contributed by atoms with Crippen LogP contribution in [0.3, 0.4) is 0 Å². The summed E-state index contributed by atoms with van der Waals surface area (Å²) in [6.07, 6.45) is 5.39. The van der Waals surface area contributed by atoms with Gasteiger partial charge in [0.15, 0.2) is 0 Å². The van der Waals surface area contributed by atoms with Crippen molar-refractivity contribution in [3.63, 3.8) is 0 Å². The van der Waals surface area contributed by atoms with E-state index in [1.807, 2.05) is 0 Å². The third-order valence-corrected chi connectivity index (χ3v) is 8.20. The van der Waals surface area contributed by atoms with Crippen LogP contribution in [-0.2, 0) is 32.6 Å². The van der Waals surface area contributed by atoms with Crippen molar-refractivity contribution in [3.8, 4) is 0 Å². The fourth-order valence-electron chi connectivity index (χ4n) is 5.69. The molecular formula is C29H35F2N3O4. The van der Waals surface area contributed by atoms with Gasteiger partial charge in [-0.25, -0.2) is 18.6 Å². The molecule has 3 aliphatic rings. The number of aliphatic carboxylic acids is 1. The number of carbonyl (C=O) groups is 2. The first kappa shape index (κ1) is 26.5. The Balaban J connectivity index is 1.06. The van der Waals surface area contributed by atoms with Gasteiger partial charge in [-0.1, -0.05) is 35.9 Å². The van der Waals surface area contributed by atoms with Crippen LogP contribution in [0.4, 0.5) is 14.6 Å². The van der Waals surface area contributed by atoms with Crippen LogP contribution in [0.25, 0.3) is 0 Å². The van der Waals surface area contributed by atoms with Gasteiger partial charge in [-0.2, -0.15) is 0 Å². The first-order valence-corrected chi connectivity index (χ1v) is 13.5. The Bertz CT molecular complexity index is 1200. The molecule has 0 radical (unpaired) electrons. The zero-order valence-corrected chi connectivity index (χ0v) is 21.6. The number of amides is 1. The number of aryl methyl sites for hydroxylation is 3. The number of halogens is 2. The second-order valence-electron chi connectivity index (χ2n) is 11.0. The van der Waals surface area contributed by atoms with Crippen molar-refractivity contribution < 1.29 is 28.2 Å². The molecule has 1 aliphatic heterocycles. The topological polar surface area (TPSA) is 101 Å². The lowest BCUT2D eigenvalue weighted by atomic mass is 9.79. The number of aromatic nitrogens is 1. The molecule has 2 aromatic rings. The Kier molecular flexibility index (Phi) is 7.40. The first-order chi connectivity index (χ1) is 18.2. The molecule has 1 aromatic carbocycles. The molecule has 5 rings (SSSR count). The Hall–Kier alpha value is -3.07. The molecule has 2 atom stereocenters. The summed E-state index contributed by atoms with van der Waals surface area (Å²) in [5.74, 6) is -3.87. The number of ether oxygens (including phenoxy) is 1. The second-order valence-corrected chi connectivity index (χ2v) is 11.0. The third-order valence-electron chi connectivity index (χ3n) is 8.20. The highest BCUT2D eigenvalue weighted by Crippen LogP contribution is 2.61. The minimum Gasteiger partial charge on any atom is -0.480 e. The number of hydrogen-bond donors (Lipinski definition) is 3. The predicted octanol–water partition coefficient (Wildman–Crippen LogP) is 4.41. The number of benzene rings is 1. The number of fused-ring (bicyclic) bond motifs is 1. The van der Waals surface area contributed by atoms with E-state index in [1.54, 1.807) is 25.1 Å². The van der Waals surface area contributed by atoms with Gasteiger partial charge in [-0.3, -0.25) is 4.79 Å². The molecule has 204 valence electrons. The number of anilines is 1. The number of alkyl halides is 2. The quantitative estimate of drug-likeness (QED) is 0.400. The molecule has 0 spiro atoms. The van der Waals surface area contributed by atoms with Gasteiger partial charge in [0.1, 0.15) is 17.3 Å². The fraction of sp³-hybridized carbons (Fsp3) is 0.552. The van der Waals surface area contributed by atoms with Crippen LogP contribution in [0.5, 0.6) is 0 Å². The van der Waals surface area contributed by atoms with Crippen LogP contribution in [-0.4, -0.2) is 53.2 Å². The van der Waals surface area contributed by atoms with E-state index in [0.717, 1.165) is 62.1 Å². The summed E-state index contributed by atoms with van der Waals surface area (Å²) in [5, 5.41) is 15.3. The largest absolute Gasteiger partial charge is 0.480 e. The summed E-state index contributed by atoms with van der Waals surface area (Å²) in [5.41, 5.74) is 1.33. The SMILES string of the molecule is Cc1cccc(C2(C(=O)NC(CCOC3CC(CCc4ccc5c(n4)NCCC5)C3)C(=O)O)CC2(F)F)c1. The lowest BCUT2D eigenvalue weighted by Crippen LogP contribution is -2.48. The van der Waals surface area contributed by atoms with E-state index in [-0.39, 0.29) is 24.7 Å². The molecule has 2 heterocycles. The van der Waals surface area contributed by atoms with Gasteiger partial charge in [0.05, 0.1) is 6.10 Å². The third kappa shape index (κ3) is 5.39. The van der Waals surface area contributed by atoms with E-state index in [2.05, 4.69) is 22.8 Å². The van der Waals surface area contributed by atoms with E-state index in [4.69, 9.17) is 9.72 Å². The van der Waals surface area contributed by atoms with Crippen molar-refractivity contribution in [2.45, 2.75) is 81.8 Å². The van der Waals surface area contributed by atoms with Crippen molar-refractivity contribution in [1.82, 2.24) is 10.3 Å². The van der Waals surface area contributed by atoms with Gasteiger partial charge in [-0.05, 0) is 68.6 Å². The van der Waals surface area contributed by atoms with Crippen molar-refractivity contribution in [2.24, 2.45) is 5.92 Å². The first-order valence-electron chi connectivity index (χ1n) is 13.5. The summed E-state index contributed by atoms with van der Waals surface area (Å²) in [6.45, 7) is 2.87. The molecular weight excluding hydrogens is 492 g/mol. The van der Waals surface area contributed by atoms with Gasteiger partial charge in [0.25, 0.3) is 5.92 Å². The average molecular weight is 528 g/mol. The van der Waals surface area contributed by atoms with Crippen LogP contribution in [0.2, 0.25) is 0 Å². The molecule has 0 saturated heterocycles. The van der Waals surface area contributed by atoms with Crippen molar-refractivity contribution >= 4 is 17.7 Å². The summed E-state index contributed by atoms with van der Waals surface area (Å²) >= 11 is 0. The van der Waals surface area contributed by atoms with Gasteiger partial charge in [0.2, 0.25) is 5.91 Å². The van der Waals surface area contributed by atoms with Gasteiger partial charge in [0, 0.05) is 31.7 Å². The predicted molar refractivity (Wildman–Crippen MR) is 138 cm³/mol. The standard InChI is InChI=1S/C29H35F2N3O4/c1-18-4-2-6-21(14-18)28(17-29(28,30)31)27(37)34-24(26(35)36)11-13-38-23-15-19(16-23)7-9-22-10-8-20-5-3-12-32-25(20)33-22/h2,4,6,8,10,14,19,23-24H,3,5,7,9,11-13,15-17H2,1H3,(H,32,33)(H,34,37)(H,35,36). The molecule has 2 aliphatic carbocycles. The molecule has 3 N–H and O–H groups in total. The molecule has 2 saturated carbocycles. The maximum absolute atomic E-state index is 14.4. The molecule has 2 unspecified atom stereocenters. The lowest BCUT2D eigenvalue weighted by molar-refractivity contribution is -0.143. The number of rotatable bonds is 11. The molecule has 38 heavy (non-hydrogen) atoms. The van der Waals surface area contributed by atoms with E-state index >= 15 is 0 Å². The second kappa shape index (κ2) is 10.6. The van der Waals surface area contributed by atoms with E-state index < -0.39 is 35.7 Å². The lowest BCUT2D eigenvalue weighted by Gasteiger charge is -2.35. The van der Waals surface area contributed by atoms with Crippen molar-refractivity contribution in [2.75, 3.05) is 18.5 Å². The van der Waals surface area contributed by atoms with E-state index in [0.29, 0.717) is 5.92 Å². The molecule has 2 fully saturated rings. The van der Waals surface area contributed by atoms with Crippen LogP contribution >= 0.6 is 0 Å². The molecule has 7 nitrogen and oxygen atoms in total. The summed E-state index contributed by atoms with van der Waals surface area (Å²) in [7, 11) is 0. The molecule has 9 heteroatoms. The summed E-state index contributed by atoms with van der Waals surface area (Å²) in [6, 6.07) is 9.44. The zero-order chi connectivity index (χ0) is 26.9. The Morgan fingerprint density at radius 2 is 2.05 bits per heavy atom. The number of carboxylic acids is 1. The molecule has 1 aromatic heterocycles. The summed E-state index contributed by atoms with van der Waals surface area (Å²) < 4.78 is 34.7. The number of nitrogens with zero attached hydrogens (tertiary/aromatic N) is 1. The van der Waals surface area contributed by atoms with Crippen molar-refractivity contribution in [1.29, 1.82) is 0 Å².